The molecule has 29 heavy (non-hydrogen) atoms. The van der Waals surface area contributed by atoms with Crippen molar-refractivity contribution in [1.82, 2.24) is 9.97 Å². The molecule has 0 bridgehead atoms. The van der Waals surface area contributed by atoms with E-state index in [-0.39, 0.29) is 16.8 Å². The van der Waals surface area contributed by atoms with Crippen LogP contribution in [0, 0.1) is 5.41 Å². The second kappa shape index (κ2) is 7.06. The highest BCUT2D eigenvalue weighted by atomic mass is 32.2. The van der Waals surface area contributed by atoms with Crippen molar-refractivity contribution in [2.24, 2.45) is 5.41 Å². The van der Waals surface area contributed by atoms with E-state index in [2.05, 4.69) is 29.1 Å². The van der Waals surface area contributed by atoms with Gasteiger partial charge in [0.25, 0.3) is 5.56 Å². The number of nitrogens with one attached hydrogen (secondary N) is 2. The Kier molecular flexibility index (Phi) is 4.81. The van der Waals surface area contributed by atoms with E-state index in [1.807, 2.05) is 49.5 Å². The van der Waals surface area contributed by atoms with Gasteiger partial charge in [0.15, 0.2) is 10.9 Å². The molecule has 2 heterocycles. The average Bonchev–Trinajstić information content (AvgIpc) is 2.65. The molecule has 0 saturated carbocycles. The van der Waals surface area contributed by atoms with E-state index in [4.69, 9.17) is 0 Å². The number of aromatic nitrogens is 2. The molecule has 1 atom stereocenters. The number of anilines is 2. The molecule has 6 nitrogen and oxygen atoms in total. The number of rotatable bonds is 3. The van der Waals surface area contributed by atoms with E-state index >= 15 is 0 Å². The number of allylic oxidation sites excluding steroid dienone is 2. The van der Waals surface area contributed by atoms with Crippen LogP contribution in [-0.4, -0.2) is 36.1 Å². The van der Waals surface area contributed by atoms with Gasteiger partial charge in [0.05, 0.1) is 5.56 Å². The van der Waals surface area contributed by atoms with Crippen LogP contribution >= 0.6 is 11.8 Å². The SMILES string of the molecule is CSc1nc2c(c(=O)[nH]1)[C@@H](c1ccc(N(C)C)cc1)C1=C(CC(C)(C)CC1=O)N2. The number of carbonyl (C=O) groups excluding carboxylic acids is 1. The first-order valence-corrected chi connectivity index (χ1v) is 10.9. The van der Waals surface area contributed by atoms with Gasteiger partial charge >= 0.3 is 0 Å². The highest BCUT2D eigenvalue weighted by Crippen LogP contribution is 2.47. The fourth-order valence-electron chi connectivity index (χ4n) is 4.29. The number of ketones is 1. The summed E-state index contributed by atoms with van der Waals surface area (Å²) in [4.78, 5) is 35.7. The van der Waals surface area contributed by atoms with Crippen molar-refractivity contribution in [2.75, 3.05) is 30.6 Å². The van der Waals surface area contributed by atoms with E-state index in [0.717, 1.165) is 23.4 Å². The Hall–Kier alpha value is -2.54. The van der Waals surface area contributed by atoms with E-state index < -0.39 is 5.92 Å². The van der Waals surface area contributed by atoms with Crippen LogP contribution in [0.1, 0.15) is 43.7 Å². The van der Waals surface area contributed by atoms with Gasteiger partial charge in [0.2, 0.25) is 0 Å². The van der Waals surface area contributed by atoms with Crippen molar-refractivity contribution in [3.63, 3.8) is 0 Å². The van der Waals surface area contributed by atoms with Crippen LogP contribution in [-0.2, 0) is 4.79 Å². The van der Waals surface area contributed by atoms with Crippen LogP contribution in [0.15, 0.2) is 45.5 Å². The fourth-order valence-corrected chi connectivity index (χ4v) is 4.67. The largest absolute Gasteiger partial charge is 0.378 e. The molecule has 0 saturated heterocycles. The molecule has 7 heteroatoms. The van der Waals surface area contributed by atoms with Gasteiger partial charge in [0, 0.05) is 43.4 Å². The van der Waals surface area contributed by atoms with Crippen molar-refractivity contribution in [3.05, 3.63) is 57.0 Å². The monoisotopic (exact) mass is 410 g/mol. The van der Waals surface area contributed by atoms with Crippen LogP contribution in [0.2, 0.25) is 0 Å². The first kappa shape index (κ1) is 19.8. The summed E-state index contributed by atoms with van der Waals surface area (Å²) < 4.78 is 0. The maximum atomic E-state index is 13.2. The predicted molar refractivity (Wildman–Crippen MR) is 118 cm³/mol. The van der Waals surface area contributed by atoms with Gasteiger partial charge in [-0.1, -0.05) is 37.7 Å². The number of aromatic amines is 1. The molecule has 0 unspecified atom stereocenters. The summed E-state index contributed by atoms with van der Waals surface area (Å²) in [6.45, 7) is 4.20. The molecule has 1 aliphatic carbocycles. The molecule has 2 N–H and O–H groups in total. The number of hydrogen-bond donors (Lipinski definition) is 2. The fraction of sp³-hybridized carbons (Fsp3) is 0.409. The molecule has 4 rings (SSSR count). The normalized spacial score (nSPS) is 20.0. The maximum Gasteiger partial charge on any atom is 0.257 e. The minimum absolute atomic E-state index is 0.101. The zero-order valence-corrected chi connectivity index (χ0v) is 18.2. The van der Waals surface area contributed by atoms with E-state index in [1.54, 1.807) is 0 Å². The smallest absolute Gasteiger partial charge is 0.257 e. The Labute approximate surface area is 174 Å². The summed E-state index contributed by atoms with van der Waals surface area (Å²) in [5, 5.41) is 3.90. The van der Waals surface area contributed by atoms with Gasteiger partial charge in [-0.3, -0.25) is 9.59 Å². The standard InChI is InChI=1S/C22H26N4O2S/c1-22(2)10-14-17(15(27)11-22)16(12-6-8-13(9-7-12)26(3)4)18-19(23-14)24-21(29-5)25-20(18)28/h6-9,16H,10-11H2,1-5H3,(H2,23,24,25,28)/t16-/m0/s1. The quantitative estimate of drug-likeness (QED) is 0.593. The third-order valence-corrected chi connectivity index (χ3v) is 6.22. The number of fused-ring (bicyclic) bond motifs is 1. The Morgan fingerprint density at radius 3 is 2.45 bits per heavy atom. The van der Waals surface area contributed by atoms with Crippen LogP contribution < -0.4 is 15.8 Å². The lowest BCUT2D eigenvalue weighted by molar-refractivity contribution is -0.118. The van der Waals surface area contributed by atoms with Gasteiger partial charge < -0.3 is 15.2 Å². The number of thioether (sulfide) groups is 1. The number of nitrogens with zero attached hydrogens (tertiary/aromatic N) is 2. The molecule has 2 aromatic rings. The van der Waals surface area contributed by atoms with Crippen molar-refractivity contribution >= 4 is 29.1 Å². The van der Waals surface area contributed by atoms with Crippen LogP contribution in [0.25, 0.3) is 0 Å². The van der Waals surface area contributed by atoms with Gasteiger partial charge in [0.1, 0.15) is 5.82 Å². The lowest BCUT2D eigenvalue weighted by atomic mass is 9.69. The summed E-state index contributed by atoms with van der Waals surface area (Å²) >= 11 is 1.39. The minimum Gasteiger partial charge on any atom is -0.378 e. The van der Waals surface area contributed by atoms with Gasteiger partial charge in [-0.2, -0.15) is 0 Å². The molecule has 1 aromatic heterocycles. The van der Waals surface area contributed by atoms with Crippen molar-refractivity contribution < 1.29 is 4.79 Å². The summed E-state index contributed by atoms with van der Waals surface area (Å²) in [6.07, 6.45) is 3.11. The molecule has 152 valence electrons. The zero-order valence-electron chi connectivity index (χ0n) is 17.4. The Morgan fingerprint density at radius 1 is 1.14 bits per heavy atom. The number of H-pyrrole nitrogens is 1. The molecular formula is C22H26N4O2S. The second-order valence-electron chi connectivity index (χ2n) is 8.71. The number of carbonyl (C=O) groups is 1. The number of hydrogen-bond acceptors (Lipinski definition) is 6. The molecular weight excluding hydrogens is 384 g/mol. The summed E-state index contributed by atoms with van der Waals surface area (Å²) in [7, 11) is 3.97. The third-order valence-electron chi connectivity index (χ3n) is 5.64. The summed E-state index contributed by atoms with van der Waals surface area (Å²) in [5.41, 5.74) is 3.80. The summed E-state index contributed by atoms with van der Waals surface area (Å²) in [5.74, 6) is 0.252. The van der Waals surface area contributed by atoms with E-state index in [1.165, 1.54) is 11.8 Å². The maximum absolute atomic E-state index is 13.2. The molecule has 0 radical (unpaired) electrons. The molecule has 1 aliphatic heterocycles. The highest BCUT2D eigenvalue weighted by molar-refractivity contribution is 7.98. The Balaban J connectivity index is 1.94. The number of benzene rings is 1. The summed E-state index contributed by atoms with van der Waals surface area (Å²) in [6, 6.07) is 8.06. The van der Waals surface area contributed by atoms with Crippen molar-refractivity contribution in [2.45, 2.75) is 37.8 Å². The topological polar surface area (TPSA) is 78.1 Å². The van der Waals surface area contributed by atoms with Gasteiger partial charge in [-0.25, -0.2) is 4.98 Å². The minimum atomic E-state index is -0.409. The zero-order chi connectivity index (χ0) is 20.9. The molecule has 1 aromatic carbocycles. The van der Waals surface area contributed by atoms with E-state index in [0.29, 0.717) is 28.5 Å². The Bertz CT molecular complexity index is 1070. The first-order valence-electron chi connectivity index (χ1n) is 9.69. The first-order chi connectivity index (χ1) is 13.7. The molecule has 0 fully saturated rings. The third kappa shape index (κ3) is 3.48. The predicted octanol–water partition coefficient (Wildman–Crippen LogP) is 3.76. The average molecular weight is 411 g/mol. The Morgan fingerprint density at radius 2 is 1.83 bits per heavy atom. The molecule has 0 spiro atoms. The molecule has 0 amide bonds. The van der Waals surface area contributed by atoms with Gasteiger partial charge in [-0.05, 0) is 35.8 Å². The van der Waals surface area contributed by atoms with Gasteiger partial charge in [-0.15, -0.1) is 0 Å². The highest BCUT2D eigenvalue weighted by Gasteiger charge is 2.42. The lowest BCUT2D eigenvalue weighted by Crippen LogP contribution is -2.37. The number of Topliss-reactive ketones (excluding diaryl/α,β-unsaturated/α-hetero) is 1. The van der Waals surface area contributed by atoms with E-state index in [9.17, 15) is 9.59 Å². The van der Waals surface area contributed by atoms with Crippen LogP contribution in [0.4, 0.5) is 11.5 Å². The second-order valence-corrected chi connectivity index (χ2v) is 9.51. The molecule has 2 aliphatic rings. The van der Waals surface area contributed by atoms with Crippen LogP contribution in [0.3, 0.4) is 0 Å². The van der Waals surface area contributed by atoms with Crippen molar-refractivity contribution in [1.29, 1.82) is 0 Å². The van der Waals surface area contributed by atoms with Crippen molar-refractivity contribution in [3.8, 4) is 0 Å². The van der Waals surface area contributed by atoms with Crippen LogP contribution in [0.5, 0.6) is 0 Å². The lowest BCUT2D eigenvalue weighted by Gasteiger charge is -2.38.